The molecule has 1 aliphatic rings. The molecule has 0 aliphatic carbocycles. The molecule has 1 aliphatic heterocycles. The lowest BCUT2D eigenvalue weighted by molar-refractivity contribution is 0.285. The predicted molar refractivity (Wildman–Crippen MR) is 113 cm³/mol. The molecule has 0 N–H and O–H groups in total. The van der Waals surface area contributed by atoms with Gasteiger partial charge in [-0.1, -0.05) is 24.3 Å². The number of furan rings is 1. The number of benzene rings is 2. The van der Waals surface area contributed by atoms with Crippen molar-refractivity contribution in [2.75, 3.05) is 31.1 Å². The van der Waals surface area contributed by atoms with E-state index in [2.05, 4.69) is 25.8 Å². The van der Waals surface area contributed by atoms with Crippen LogP contribution in [0.3, 0.4) is 0 Å². The Balaban J connectivity index is 1.36. The van der Waals surface area contributed by atoms with Gasteiger partial charge in [0.05, 0.1) is 11.6 Å². The first-order valence-corrected chi connectivity index (χ1v) is 9.90. The molecular formula is C23H21N5O. The summed E-state index contributed by atoms with van der Waals surface area (Å²) in [5.41, 5.74) is 4.44. The van der Waals surface area contributed by atoms with Gasteiger partial charge in [-0.25, -0.2) is 9.97 Å². The molecule has 6 nitrogen and oxygen atoms in total. The molecule has 3 heterocycles. The molecule has 0 atom stereocenters. The minimum Gasteiger partial charge on any atom is -0.450 e. The van der Waals surface area contributed by atoms with Crippen molar-refractivity contribution >= 4 is 27.9 Å². The summed E-state index contributed by atoms with van der Waals surface area (Å²) in [6.07, 6.45) is 2.70. The van der Waals surface area contributed by atoms with Crippen LogP contribution in [0.5, 0.6) is 0 Å². The van der Waals surface area contributed by atoms with Crippen LogP contribution in [-0.4, -0.2) is 41.0 Å². The van der Waals surface area contributed by atoms with Gasteiger partial charge < -0.3 is 9.32 Å². The molecule has 1 saturated heterocycles. The van der Waals surface area contributed by atoms with Crippen molar-refractivity contribution in [1.82, 2.24) is 14.9 Å². The van der Waals surface area contributed by atoms with E-state index in [9.17, 15) is 0 Å². The van der Waals surface area contributed by atoms with Crippen molar-refractivity contribution in [2.45, 2.75) is 13.0 Å². The SMILES string of the molecule is N#Cc1ccc(CN2CCCN(c3ncnc4c3oc3ccccc34)CC2)cc1. The van der Waals surface area contributed by atoms with Crippen molar-refractivity contribution in [3.8, 4) is 6.07 Å². The third-order valence-electron chi connectivity index (χ3n) is 5.52. The molecule has 4 aromatic rings. The maximum atomic E-state index is 8.96. The smallest absolute Gasteiger partial charge is 0.196 e. The summed E-state index contributed by atoms with van der Waals surface area (Å²) in [6, 6.07) is 18.0. The number of fused-ring (bicyclic) bond motifs is 3. The first-order chi connectivity index (χ1) is 14.3. The van der Waals surface area contributed by atoms with E-state index in [1.807, 2.05) is 48.5 Å². The van der Waals surface area contributed by atoms with Gasteiger partial charge in [0.25, 0.3) is 0 Å². The molecule has 0 spiro atoms. The van der Waals surface area contributed by atoms with Crippen molar-refractivity contribution in [2.24, 2.45) is 0 Å². The number of anilines is 1. The Bertz CT molecular complexity index is 1190. The Labute approximate surface area is 169 Å². The first-order valence-electron chi connectivity index (χ1n) is 9.90. The van der Waals surface area contributed by atoms with E-state index in [-0.39, 0.29) is 0 Å². The Morgan fingerprint density at radius 1 is 0.966 bits per heavy atom. The maximum absolute atomic E-state index is 8.96. The second kappa shape index (κ2) is 7.53. The largest absolute Gasteiger partial charge is 0.450 e. The topological polar surface area (TPSA) is 69.2 Å². The summed E-state index contributed by atoms with van der Waals surface area (Å²) < 4.78 is 6.12. The number of hydrogen-bond donors (Lipinski definition) is 0. The summed E-state index contributed by atoms with van der Waals surface area (Å²) in [6.45, 7) is 4.70. The highest BCUT2D eigenvalue weighted by atomic mass is 16.3. The predicted octanol–water partition coefficient (Wildman–Crippen LogP) is 3.96. The van der Waals surface area contributed by atoms with E-state index in [1.165, 1.54) is 5.56 Å². The second-order valence-corrected chi connectivity index (χ2v) is 7.40. The highest BCUT2D eigenvalue weighted by Gasteiger charge is 2.21. The average Bonchev–Trinajstić information content (AvgIpc) is 3.00. The number of nitrogens with zero attached hydrogens (tertiary/aromatic N) is 5. The highest BCUT2D eigenvalue weighted by Crippen LogP contribution is 2.32. The van der Waals surface area contributed by atoms with Gasteiger partial charge in [-0.05, 0) is 36.2 Å². The molecule has 0 bridgehead atoms. The maximum Gasteiger partial charge on any atom is 0.196 e. The van der Waals surface area contributed by atoms with Crippen LogP contribution in [0.1, 0.15) is 17.5 Å². The van der Waals surface area contributed by atoms with Crippen LogP contribution in [0.2, 0.25) is 0 Å². The summed E-state index contributed by atoms with van der Waals surface area (Å²) in [5.74, 6) is 0.881. The number of rotatable bonds is 3. The van der Waals surface area contributed by atoms with Crippen LogP contribution in [0.15, 0.2) is 59.3 Å². The van der Waals surface area contributed by atoms with E-state index in [4.69, 9.17) is 9.68 Å². The lowest BCUT2D eigenvalue weighted by Crippen LogP contribution is -2.31. The molecule has 1 fully saturated rings. The fourth-order valence-corrected chi connectivity index (χ4v) is 4.02. The van der Waals surface area contributed by atoms with Crippen molar-refractivity contribution in [3.05, 3.63) is 66.0 Å². The van der Waals surface area contributed by atoms with Crippen LogP contribution >= 0.6 is 0 Å². The summed E-state index contributed by atoms with van der Waals surface area (Å²) in [4.78, 5) is 13.8. The van der Waals surface area contributed by atoms with Crippen LogP contribution < -0.4 is 4.90 Å². The van der Waals surface area contributed by atoms with Crippen LogP contribution in [0, 0.1) is 11.3 Å². The summed E-state index contributed by atoms with van der Waals surface area (Å²) in [5, 5.41) is 9.99. The average molecular weight is 383 g/mol. The summed E-state index contributed by atoms with van der Waals surface area (Å²) in [7, 11) is 0. The number of hydrogen-bond acceptors (Lipinski definition) is 6. The van der Waals surface area contributed by atoms with Gasteiger partial charge in [0, 0.05) is 38.1 Å². The molecular weight excluding hydrogens is 362 g/mol. The zero-order chi connectivity index (χ0) is 19.6. The van der Waals surface area contributed by atoms with E-state index < -0.39 is 0 Å². The molecule has 29 heavy (non-hydrogen) atoms. The molecule has 2 aromatic carbocycles. The quantitative estimate of drug-likeness (QED) is 0.533. The van der Waals surface area contributed by atoms with Gasteiger partial charge in [-0.3, -0.25) is 4.90 Å². The van der Waals surface area contributed by atoms with E-state index in [0.29, 0.717) is 5.56 Å². The number of aromatic nitrogens is 2. The lowest BCUT2D eigenvalue weighted by atomic mass is 10.1. The van der Waals surface area contributed by atoms with E-state index >= 15 is 0 Å². The van der Waals surface area contributed by atoms with Gasteiger partial charge in [-0.15, -0.1) is 0 Å². The minimum atomic E-state index is 0.703. The Hall–Kier alpha value is -3.43. The highest BCUT2D eigenvalue weighted by molar-refractivity contribution is 6.05. The third-order valence-corrected chi connectivity index (χ3v) is 5.52. The zero-order valence-electron chi connectivity index (χ0n) is 16.1. The minimum absolute atomic E-state index is 0.703. The fraction of sp³-hybridized carbons (Fsp3) is 0.261. The molecule has 0 saturated carbocycles. The fourth-order valence-electron chi connectivity index (χ4n) is 4.02. The zero-order valence-corrected chi connectivity index (χ0v) is 16.1. The van der Waals surface area contributed by atoms with Gasteiger partial charge in [0.15, 0.2) is 11.4 Å². The van der Waals surface area contributed by atoms with Gasteiger partial charge >= 0.3 is 0 Å². The number of para-hydroxylation sites is 1. The normalized spacial score (nSPS) is 15.5. The van der Waals surface area contributed by atoms with Crippen LogP contribution in [0.4, 0.5) is 5.82 Å². The molecule has 5 rings (SSSR count). The van der Waals surface area contributed by atoms with Gasteiger partial charge in [-0.2, -0.15) is 5.26 Å². The summed E-state index contributed by atoms with van der Waals surface area (Å²) >= 11 is 0. The molecule has 0 radical (unpaired) electrons. The van der Waals surface area contributed by atoms with Gasteiger partial charge in [0.2, 0.25) is 0 Å². The second-order valence-electron chi connectivity index (χ2n) is 7.40. The third kappa shape index (κ3) is 3.41. The molecule has 0 unspecified atom stereocenters. The monoisotopic (exact) mass is 383 g/mol. The molecule has 144 valence electrons. The Morgan fingerprint density at radius 3 is 2.69 bits per heavy atom. The van der Waals surface area contributed by atoms with Crippen LogP contribution in [0.25, 0.3) is 22.1 Å². The molecule has 2 aromatic heterocycles. The molecule has 0 amide bonds. The number of nitriles is 1. The van der Waals surface area contributed by atoms with E-state index in [1.54, 1.807) is 6.33 Å². The Morgan fingerprint density at radius 2 is 1.83 bits per heavy atom. The van der Waals surface area contributed by atoms with Crippen molar-refractivity contribution in [3.63, 3.8) is 0 Å². The van der Waals surface area contributed by atoms with Crippen molar-refractivity contribution < 1.29 is 4.42 Å². The Kier molecular flexibility index (Phi) is 4.59. The van der Waals surface area contributed by atoms with Gasteiger partial charge in [0.1, 0.15) is 17.4 Å². The standard InChI is InChI=1S/C23H21N5O/c24-14-17-6-8-18(9-7-17)15-27-10-3-11-28(13-12-27)23-22-21(25-16-26-23)19-4-1-2-5-20(19)29-22/h1-2,4-9,16H,3,10-13,15H2. The van der Waals surface area contributed by atoms with E-state index in [0.717, 1.165) is 67.0 Å². The lowest BCUT2D eigenvalue weighted by Gasteiger charge is -2.22. The van der Waals surface area contributed by atoms with Crippen LogP contribution in [-0.2, 0) is 6.54 Å². The van der Waals surface area contributed by atoms with Crippen molar-refractivity contribution in [1.29, 1.82) is 5.26 Å². The molecule has 6 heteroatoms. The first kappa shape index (κ1) is 17.7.